The monoisotopic (exact) mass is 383 g/mol. The summed E-state index contributed by atoms with van der Waals surface area (Å²) in [5.41, 5.74) is 0.560. The van der Waals surface area contributed by atoms with Gasteiger partial charge < -0.3 is 10.1 Å². The molecule has 2 aromatic rings. The number of nitro benzene ring substituents is 1. The molecule has 3 rings (SSSR count). The molecule has 0 aliphatic carbocycles. The van der Waals surface area contributed by atoms with Crippen LogP contribution in [0.2, 0.25) is 0 Å². The highest BCUT2D eigenvalue weighted by Crippen LogP contribution is 2.22. The number of ether oxygens (including phenoxy) is 1. The normalized spacial score (nSPS) is 12.5. The van der Waals surface area contributed by atoms with Crippen LogP contribution in [0.1, 0.15) is 20.7 Å². The van der Waals surface area contributed by atoms with Gasteiger partial charge in [0.2, 0.25) is 0 Å². The van der Waals surface area contributed by atoms with E-state index in [0.29, 0.717) is 0 Å². The van der Waals surface area contributed by atoms with Crippen LogP contribution in [0.15, 0.2) is 48.5 Å². The predicted octanol–water partition coefficient (Wildman–Crippen LogP) is 1.37. The highest BCUT2D eigenvalue weighted by atomic mass is 16.6. The van der Waals surface area contributed by atoms with Gasteiger partial charge in [-0.3, -0.25) is 34.2 Å². The third-order valence-electron chi connectivity index (χ3n) is 3.89. The molecule has 1 heterocycles. The summed E-state index contributed by atoms with van der Waals surface area (Å²) in [6.45, 7) is -1.25. The minimum Gasteiger partial charge on any atom is -0.454 e. The van der Waals surface area contributed by atoms with E-state index in [9.17, 15) is 29.3 Å². The Balaban J connectivity index is 1.50. The first-order chi connectivity index (χ1) is 13.4. The number of amides is 3. The molecule has 3 amide bonds. The number of nitrogens with one attached hydrogen (secondary N) is 1. The maximum Gasteiger partial charge on any atom is 0.326 e. The van der Waals surface area contributed by atoms with Crippen molar-refractivity contribution < 1.29 is 28.8 Å². The second-order valence-electron chi connectivity index (χ2n) is 5.75. The number of nitro groups is 1. The van der Waals surface area contributed by atoms with Gasteiger partial charge in [-0.1, -0.05) is 12.1 Å². The molecule has 0 bridgehead atoms. The molecule has 0 saturated carbocycles. The summed E-state index contributed by atoms with van der Waals surface area (Å²) in [6.07, 6.45) is 0. The quantitative estimate of drug-likeness (QED) is 0.344. The second kappa shape index (κ2) is 7.66. The van der Waals surface area contributed by atoms with E-state index in [2.05, 4.69) is 5.32 Å². The Morgan fingerprint density at radius 2 is 1.57 bits per heavy atom. The van der Waals surface area contributed by atoms with Crippen molar-refractivity contribution in [3.8, 4) is 0 Å². The van der Waals surface area contributed by atoms with Gasteiger partial charge in [0.15, 0.2) is 6.61 Å². The zero-order valence-corrected chi connectivity index (χ0v) is 14.3. The van der Waals surface area contributed by atoms with Gasteiger partial charge >= 0.3 is 5.97 Å². The topological polar surface area (TPSA) is 136 Å². The number of imide groups is 1. The minimum absolute atomic E-state index is 0.134. The molecule has 1 N–H and O–H groups in total. The molecule has 1 aliphatic rings. The molecule has 28 heavy (non-hydrogen) atoms. The lowest BCUT2D eigenvalue weighted by molar-refractivity contribution is -0.384. The molecule has 10 nitrogen and oxygen atoms in total. The van der Waals surface area contributed by atoms with Crippen LogP contribution in [0, 0.1) is 10.1 Å². The van der Waals surface area contributed by atoms with Gasteiger partial charge in [0.05, 0.1) is 16.1 Å². The van der Waals surface area contributed by atoms with Crippen molar-refractivity contribution in [1.82, 2.24) is 4.90 Å². The van der Waals surface area contributed by atoms with E-state index < -0.39 is 41.8 Å². The van der Waals surface area contributed by atoms with E-state index in [1.54, 1.807) is 12.1 Å². The van der Waals surface area contributed by atoms with Crippen molar-refractivity contribution in [2.24, 2.45) is 0 Å². The number of fused-ring (bicyclic) bond motifs is 1. The Kier molecular flexibility index (Phi) is 5.12. The highest BCUT2D eigenvalue weighted by molar-refractivity contribution is 6.22. The average molecular weight is 383 g/mol. The summed E-state index contributed by atoms with van der Waals surface area (Å²) in [4.78, 5) is 58.8. The van der Waals surface area contributed by atoms with Gasteiger partial charge in [-0.15, -0.1) is 0 Å². The van der Waals surface area contributed by atoms with Crippen LogP contribution in [-0.4, -0.2) is 46.7 Å². The van der Waals surface area contributed by atoms with E-state index >= 15 is 0 Å². The van der Waals surface area contributed by atoms with E-state index in [1.807, 2.05) is 0 Å². The van der Waals surface area contributed by atoms with Gasteiger partial charge in [-0.25, -0.2) is 0 Å². The van der Waals surface area contributed by atoms with Crippen LogP contribution in [-0.2, 0) is 14.3 Å². The molecule has 0 fully saturated rings. The fourth-order valence-corrected chi connectivity index (χ4v) is 2.57. The summed E-state index contributed by atoms with van der Waals surface area (Å²) >= 11 is 0. The van der Waals surface area contributed by atoms with Crippen molar-refractivity contribution in [3.63, 3.8) is 0 Å². The van der Waals surface area contributed by atoms with Gasteiger partial charge in [0, 0.05) is 17.8 Å². The Bertz CT molecular complexity index is 950. The number of rotatable bonds is 6. The van der Waals surface area contributed by atoms with Gasteiger partial charge in [0.25, 0.3) is 23.4 Å². The van der Waals surface area contributed by atoms with Crippen molar-refractivity contribution in [2.45, 2.75) is 0 Å². The standard InChI is InChI=1S/C18H13N3O7/c22-15(19-11-5-7-12(8-6-11)21(26)27)10-28-16(23)9-20-17(24)13-3-1-2-4-14(13)18(20)25/h1-8H,9-10H2,(H,19,22). The summed E-state index contributed by atoms with van der Waals surface area (Å²) in [6, 6.07) is 11.3. The number of carbonyl (C=O) groups excluding carboxylic acids is 4. The Hall–Kier alpha value is -4.08. The van der Waals surface area contributed by atoms with Crippen LogP contribution in [0.25, 0.3) is 0 Å². The first-order valence-electron chi connectivity index (χ1n) is 8.02. The van der Waals surface area contributed by atoms with Crippen molar-refractivity contribution in [2.75, 3.05) is 18.5 Å². The van der Waals surface area contributed by atoms with Crippen molar-refractivity contribution in [1.29, 1.82) is 0 Å². The zero-order valence-electron chi connectivity index (χ0n) is 14.3. The Morgan fingerprint density at radius 3 is 2.11 bits per heavy atom. The molecule has 0 radical (unpaired) electrons. The molecular formula is C18H13N3O7. The molecule has 0 saturated heterocycles. The molecule has 0 spiro atoms. The average Bonchev–Trinajstić information content (AvgIpc) is 2.92. The number of benzene rings is 2. The maximum absolute atomic E-state index is 12.2. The lowest BCUT2D eigenvalue weighted by atomic mass is 10.1. The van der Waals surface area contributed by atoms with Crippen molar-refractivity contribution in [3.05, 3.63) is 69.8 Å². The molecular weight excluding hydrogens is 370 g/mol. The molecule has 10 heteroatoms. The fraction of sp³-hybridized carbons (Fsp3) is 0.111. The molecule has 2 aromatic carbocycles. The van der Waals surface area contributed by atoms with Gasteiger partial charge in [-0.2, -0.15) is 0 Å². The number of nitrogens with zero attached hydrogens (tertiary/aromatic N) is 2. The van der Waals surface area contributed by atoms with E-state index in [4.69, 9.17) is 4.74 Å². The van der Waals surface area contributed by atoms with Gasteiger partial charge in [0.1, 0.15) is 6.54 Å². The number of non-ortho nitro benzene ring substituents is 1. The van der Waals surface area contributed by atoms with E-state index in [-0.39, 0.29) is 22.5 Å². The molecule has 142 valence electrons. The summed E-state index contributed by atoms with van der Waals surface area (Å²) in [5, 5.41) is 13.0. The van der Waals surface area contributed by atoms with Gasteiger partial charge in [-0.05, 0) is 24.3 Å². The largest absolute Gasteiger partial charge is 0.454 e. The lowest BCUT2D eigenvalue weighted by Gasteiger charge is -2.13. The SMILES string of the molecule is O=C(COC(=O)CN1C(=O)c2ccccc2C1=O)Nc1ccc([N+](=O)[O-])cc1. The zero-order chi connectivity index (χ0) is 20.3. The molecule has 0 aromatic heterocycles. The predicted molar refractivity (Wildman–Crippen MR) is 94.5 cm³/mol. The Morgan fingerprint density at radius 1 is 1.00 bits per heavy atom. The van der Waals surface area contributed by atoms with E-state index in [1.165, 1.54) is 36.4 Å². The third kappa shape index (κ3) is 3.85. The van der Waals surface area contributed by atoms with Crippen LogP contribution in [0.5, 0.6) is 0 Å². The Labute approximate surface area is 157 Å². The fourth-order valence-electron chi connectivity index (χ4n) is 2.57. The van der Waals surface area contributed by atoms with E-state index in [0.717, 1.165) is 4.90 Å². The van der Waals surface area contributed by atoms with Crippen LogP contribution >= 0.6 is 0 Å². The number of esters is 1. The smallest absolute Gasteiger partial charge is 0.326 e. The number of hydrogen-bond acceptors (Lipinski definition) is 7. The van der Waals surface area contributed by atoms with Crippen LogP contribution < -0.4 is 5.32 Å². The van der Waals surface area contributed by atoms with Crippen LogP contribution in [0.3, 0.4) is 0 Å². The lowest BCUT2D eigenvalue weighted by Crippen LogP contribution is -2.36. The number of anilines is 1. The third-order valence-corrected chi connectivity index (χ3v) is 3.89. The van der Waals surface area contributed by atoms with Crippen LogP contribution in [0.4, 0.5) is 11.4 Å². The first kappa shape index (κ1) is 18.7. The molecule has 0 atom stereocenters. The summed E-state index contributed by atoms with van der Waals surface area (Å²) < 4.78 is 4.79. The second-order valence-corrected chi connectivity index (χ2v) is 5.75. The highest BCUT2D eigenvalue weighted by Gasteiger charge is 2.36. The molecule has 1 aliphatic heterocycles. The van der Waals surface area contributed by atoms with Crippen molar-refractivity contribution >= 4 is 35.1 Å². The maximum atomic E-state index is 12.2. The molecule has 0 unspecified atom stereocenters. The minimum atomic E-state index is -0.923. The summed E-state index contributed by atoms with van der Waals surface area (Å²) in [5.74, 6) is -2.81. The number of carbonyl (C=O) groups is 4. The number of hydrogen-bond donors (Lipinski definition) is 1. The first-order valence-corrected chi connectivity index (χ1v) is 8.02. The summed E-state index contributed by atoms with van der Waals surface area (Å²) in [7, 11) is 0.